The third-order valence-corrected chi connectivity index (χ3v) is 3.87. The molecule has 0 saturated carbocycles. The van der Waals surface area contributed by atoms with E-state index in [2.05, 4.69) is 5.32 Å². The van der Waals surface area contributed by atoms with Crippen LogP contribution in [0.1, 0.15) is 6.92 Å². The molecule has 1 amide bonds. The zero-order chi connectivity index (χ0) is 15.4. The number of nitrogens with one attached hydrogen (secondary N) is 1. The van der Waals surface area contributed by atoms with Crippen LogP contribution < -0.4 is 11.1 Å². The molecule has 0 bridgehead atoms. The lowest BCUT2D eigenvalue weighted by Gasteiger charge is -2.12. The molecule has 2 aromatic rings. The van der Waals surface area contributed by atoms with Crippen molar-refractivity contribution in [3.05, 3.63) is 54.1 Å². The molecule has 2 aromatic carbocycles. The number of thioether (sulfide) groups is 1. The van der Waals surface area contributed by atoms with Gasteiger partial charge in [0.05, 0.1) is 10.9 Å². The molecular formula is C15H14F2N2OS. The molecule has 3 N–H and O–H groups in total. The summed E-state index contributed by atoms with van der Waals surface area (Å²) < 4.78 is 25.9. The highest BCUT2D eigenvalue weighted by Crippen LogP contribution is 2.25. The number of anilines is 2. The predicted molar refractivity (Wildman–Crippen MR) is 81.2 cm³/mol. The minimum atomic E-state index is -0.526. The van der Waals surface area contributed by atoms with Crippen LogP contribution in [0.2, 0.25) is 0 Å². The Balaban J connectivity index is 1.98. The van der Waals surface area contributed by atoms with Crippen LogP contribution >= 0.6 is 11.8 Å². The second-order valence-electron chi connectivity index (χ2n) is 4.44. The van der Waals surface area contributed by atoms with Crippen LogP contribution in [0, 0.1) is 11.6 Å². The number of carbonyl (C=O) groups excluding carboxylic acids is 1. The molecule has 0 aliphatic rings. The Morgan fingerprint density at radius 3 is 2.48 bits per heavy atom. The Kier molecular flexibility index (Phi) is 4.80. The van der Waals surface area contributed by atoms with Crippen molar-refractivity contribution in [3.8, 4) is 0 Å². The molecule has 0 heterocycles. The number of halogens is 2. The lowest BCUT2D eigenvalue weighted by molar-refractivity contribution is -0.115. The van der Waals surface area contributed by atoms with Crippen molar-refractivity contribution in [3.63, 3.8) is 0 Å². The first kappa shape index (κ1) is 15.3. The summed E-state index contributed by atoms with van der Waals surface area (Å²) in [7, 11) is 0. The first-order valence-corrected chi connectivity index (χ1v) is 7.12. The summed E-state index contributed by atoms with van der Waals surface area (Å²) in [5, 5.41) is 2.27. The molecule has 2 rings (SSSR count). The fourth-order valence-electron chi connectivity index (χ4n) is 1.64. The fraction of sp³-hybridized carbons (Fsp3) is 0.133. The van der Waals surface area contributed by atoms with E-state index in [-0.39, 0.29) is 22.7 Å². The van der Waals surface area contributed by atoms with Gasteiger partial charge in [-0.15, -0.1) is 11.8 Å². The molecule has 0 aliphatic heterocycles. The topological polar surface area (TPSA) is 55.1 Å². The molecule has 3 nitrogen and oxygen atoms in total. The number of amides is 1. The maximum Gasteiger partial charge on any atom is 0.237 e. The number of nitrogens with two attached hydrogens (primary N) is 1. The minimum absolute atomic E-state index is 0.0216. The van der Waals surface area contributed by atoms with E-state index in [9.17, 15) is 13.6 Å². The van der Waals surface area contributed by atoms with Crippen LogP contribution in [-0.4, -0.2) is 11.2 Å². The summed E-state index contributed by atoms with van der Waals surface area (Å²) in [5.74, 6) is -1.09. The standard InChI is InChI=1S/C15H14F2N2OS/c1-9(21-12-5-2-10(16)3-6-12)15(20)19-11-4-7-13(17)14(18)8-11/h2-9H,18H2,1H3,(H,19,20). The molecule has 0 aliphatic carbocycles. The number of benzene rings is 2. The maximum absolute atomic E-state index is 13.0. The largest absolute Gasteiger partial charge is 0.396 e. The number of rotatable bonds is 4. The van der Waals surface area contributed by atoms with Crippen molar-refractivity contribution in [2.45, 2.75) is 17.1 Å². The molecule has 0 spiro atoms. The van der Waals surface area contributed by atoms with E-state index >= 15 is 0 Å². The van der Waals surface area contributed by atoms with Gasteiger partial charge in [-0.3, -0.25) is 4.79 Å². The van der Waals surface area contributed by atoms with Gasteiger partial charge in [-0.2, -0.15) is 0 Å². The van der Waals surface area contributed by atoms with Crippen LogP contribution in [0.15, 0.2) is 47.4 Å². The quantitative estimate of drug-likeness (QED) is 0.669. The van der Waals surface area contributed by atoms with Gasteiger partial charge in [0.15, 0.2) is 0 Å². The number of hydrogen-bond acceptors (Lipinski definition) is 3. The van der Waals surface area contributed by atoms with Gasteiger partial charge in [0.1, 0.15) is 11.6 Å². The van der Waals surface area contributed by atoms with Crippen LogP contribution in [0.4, 0.5) is 20.2 Å². The molecule has 0 fully saturated rings. The van der Waals surface area contributed by atoms with E-state index in [1.54, 1.807) is 19.1 Å². The van der Waals surface area contributed by atoms with E-state index in [4.69, 9.17) is 5.73 Å². The normalized spacial score (nSPS) is 12.0. The van der Waals surface area contributed by atoms with Gasteiger partial charge in [0.25, 0.3) is 0 Å². The zero-order valence-electron chi connectivity index (χ0n) is 11.3. The molecule has 21 heavy (non-hydrogen) atoms. The number of hydrogen-bond donors (Lipinski definition) is 2. The second-order valence-corrected chi connectivity index (χ2v) is 5.85. The molecule has 110 valence electrons. The Labute approximate surface area is 125 Å². The van der Waals surface area contributed by atoms with Gasteiger partial charge in [0.2, 0.25) is 5.91 Å². The Morgan fingerprint density at radius 1 is 1.19 bits per heavy atom. The Hall–Kier alpha value is -2.08. The van der Waals surface area contributed by atoms with Gasteiger partial charge in [-0.1, -0.05) is 0 Å². The summed E-state index contributed by atoms with van der Waals surface area (Å²) in [5.41, 5.74) is 5.86. The smallest absolute Gasteiger partial charge is 0.237 e. The van der Waals surface area contributed by atoms with Gasteiger partial charge >= 0.3 is 0 Å². The highest BCUT2D eigenvalue weighted by atomic mass is 32.2. The van der Waals surface area contributed by atoms with Crippen LogP contribution in [0.25, 0.3) is 0 Å². The molecule has 0 saturated heterocycles. The molecule has 1 atom stereocenters. The maximum atomic E-state index is 13.0. The van der Waals surface area contributed by atoms with Crippen molar-refractivity contribution in [2.75, 3.05) is 11.1 Å². The number of nitrogen functional groups attached to an aromatic ring is 1. The third-order valence-electron chi connectivity index (χ3n) is 2.76. The van der Waals surface area contributed by atoms with E-state index in [0.717, 1.165) is 4.90 Å². The molecule has 0 radical (unpaired) electrons. The van der Waals surface area contributed by atoms with Crippen molar-refractivity contribution in [1.82, 2.24) is 0 Å². The molecule has 6 heteroatoms. The van der Waals surface area contributed by atoms with Crippen molar-refractivity contribution in [2.24, 2.45) is 0 Å². The lowest BCUT2D eigenvalue weighted by Crippen LogP contribution is -2.22. The first-order chi connectivity index (χ1) is 9.95. The molecule has 1 unspecified atom stereocenters. The van der Waals surface area contributed by atoms with E-state index in [1.807, 2.05) is 0 Å². The van der Waals surface area contributed by atoms with Crippen LogP contribution in [0.3, 0.4) is 0 Å². The van der Waals surface area contributed by atoms with E-state index in [0.29, 0.717) is 5.69 Å². The van der Waals surface area contributed by atoms with Crippen molar-refractivity contribution < 1.29 is 13.6 Å². The van der Waals surface area contributed by atoms with E-state index < -0.39 is 5.82 Å². The SMILES string of the molecule is CC(Sc1ccc(F)cc1)C(=O)Nc1ccc(F)c(N)c1. The highest BCUT2D eigenvalue weighted by molar-refractivity contribution is 8.00. The monoisotopic (exact) mass is 308 g/mol. The predicted octanol–water partition coefficient (Wildman–Crippen LogP) is 3.67. The lowest BCUT2D eigenvalue weighted by atomic mass is 10.2. The average molecular weight is 308 g/mol. The van der Waals surface area contributed by atoms with Crippen LogP contribution in [0.5, 0.6) is 0 Å². The fourth-order valence-corrected chi connectivity index (χ4v) is 2.50. The van der Waals surface area contributed by atoms with Crippen LogP contribution in [-0.2, 0) is 4.79 Å². The zero-order valence-corrected chi connectivity index (χ0v) is 12.1. The Bertz CT molecular complexity index is 647. The molecule has 0 aromatic heterocycles. The number of carbonyl (C=O) groups is 1. The summed E-state index contributed by atoms with van der Waals surface area (Å²) in [6.07, 6.45) is 0. The van der Waals surface area contributed by atoms with Gasteiger partial charge in [-0.25, -0.2) is 8.78 Å². The Morgan fingerprint density at radius 2 is 1.86 bits per heavy atom. The highest BCUT2D eigenvalue weighted by Gasteiger charge is 2.15. The summed E-state index contributed by atoms with van der Waals surface area (Å²) in [4.78, 5) is 12.8. The summed E-state index contributed by atoms with van der Waals surface area (Å²) in [6, 6.07) is 9.91. The average Bonchev–Trinajstić information content (AvgIpc) is 2.45. The van der Waals surface area contributed by atoms with Gasteiger partial charge in [-0.05, 0) is 49.4 Å². The minimum Gasteiger partial charge on any atom is -0.396 e. The summed E-state index contributed by atoms with van der Waals surface area (Å²) in [6.45, 7) is 1.73. The van der Waals surface area contributed by atoms with Crippen molar-refractivity contribution >= 4 is 29.0 Å². The summed E-state index contributed by atoms with van der Waals surface area (Å²) >= 11 is 1.30. The first-order valence-electron chi connectivity index (χ1n) is 6.24. The molecular weight excluding hydrogens is 294 g/mol. The third kappa shape index (κ3) is 4.19. The van der Waals surface area contributed by atoms with Crippen molar-refractivity contribution in [1.29, 1.82) is 0 Å². The van der Waals surface area contributed by atoms with Gasteiger partial charge in [0, 0.05) is 10.6 Å². The second kappa shape index (κ2) is 6.58. The van der Waals surface area contributed by atoms with E-state index in [1.165, 1.54) is 42.1 Å². The van der Waals surface area contributed by atoms with Gasteiger partial charge < -0.3 is 11.1 Å².